The van der Waals surface area contributed by atoms with E-state index in [0.29, 0.717) is 22.8 Å². The molecule has 3 N–H and O–H groups in total. The van der Waals surface area contributed by atoms with E-state index in [1.54, 1.807) is 18.2 Å². The molecule has 0 unspecified atom stereocenters. The van der Waals surface area contributed by atoms with Crippen LogP contribution in [0.4, 0.5) is 5.69 Å². The number of methoxy groups -OCH3 is 1. The molecule has 1 heterocycles. The Kier molecular flexibility index (Phi) is 4.16. The van der Waals surface area contributed by atoms with Gasteiger partial charge in [-0.2, -0.15) is 5.26 Å². The molecule has 0 saturated heterocycles. The molecule has 2 aromatic rings. The zero-order valence-electron chi connectivity index (χ0n) is 11.2. The van der Waals surface area contributed by atoms with Crippen LogP contribution < -0.4 is 15.2 Å². The van der Waals surface area contributed by atoms with Crippen molar-refractivity contribution in [3.63, 3.8) is 0 Å². The zero-order chi connectivity index (χ0) is 15.5. The lowest BCUT2D eigenvalue weighted by molar-refractivity contribution is 0.412. The van der Waals surface area contributed by atoms with Gasteiger partial charge in [0.2, 0.25) is 5.09 Å². The highest BCUT2D eigenvalue weighted by Crippen LogP contribution is 2.28. The molecule has 0 atom stereocenters. The average Bonchev–Trinajstić information content (AvgIpc) is 2.93. The lowest BCUT2D eigenvalue weighted by atomic mass is 10.1. The van der Waals surface area contributed by atoms with Crippen molar-refractivity contribution in [2.24, 2.45) is 5.14 Å². The van der Waals surface area contributed by atoms with Gasteiger partial charge in [-0.3, -0.25) is 0 Å². The summed E-state index contributed by atoms with van der Waals surface area (Å²) < 4.78 is 32.5. The summed E-state index contributed by atoms with van der Waals surface area (Å²) in [6, 6.07) is 9.87. The Hall–Kier alpha value is -2.50. The number of anilines is 1. The molecule has 0 aliphatic rings. The Morgan fingerprint density at radius 2 is 2.14 bits per heavy atom. The molecule has 0 bridgehead atoms. The molecule has 0 aliphatic carbocycles. The quantitative estimate of drug-likeness (QED) is 0.862. The second-order valence-corrected chi connectivity index (χ2v) is 5.61. The fraction of sp³-hybridized carbons (Fsp3) is 0.154. The summed E-state index contributed by atoms with van der Waals surface area (Å²) in [5.41, 5.74) is 0.920. The Bertz CT molecular complexity index is 790. The maximum absolute atomic E-state index is 11.1. The molecule has 0 radical (unpaired) electrons. The van der Waals surface area contributed by atoms with E-state index in [0.717, 1.165) is 0 Å². The second kappa shape index (κ2) is 5.87. The number of nitriles is 1. The third-order valence-corrected chi connectivity index (χ3v) is 3.50. The normalized spacial score (nSPS) is 10.9. The standard InChI is InChI=1S/C13H13N3O4S/c1-19-11-4-2-3-9(7-14)13(11)16-8-10-5-6-12(20-10)21(15,17)18/h2-6,16H,8H2,1H3,(H2,15,17,18). The molecular weight excluding hydrogens is 294 g/mol. The zero-order valence-corrected chi connectivity index (χ0v) is 12.0. The Morgan fingerprint density at radius 1 is 1.38 bits per heavy atom. The minimum Gasteiger partial charge on any atom is -0.495 e. The molecule has 21 heavy (non-hydrogen) atoms. The van der Waals surface area contributed by atoms with E-state index in [-0.39, 0.29) is 11.6 Å². The van der Waals surface area contributed by atoms with E-state index >= 15 is 0 Å². The molecule has 1 aromatic heterocycles. The van der Waals surface area contributed by atoms with Crippen LogP contribution in [-0.4, -0.2) is 15.5 Å². The highest BCUT2D eigenvalue weighted by molar-refractivity contribution is 7.89. The minimum atomic E-state index is -3.86. The van der Waals surface area contributed by atoms with Gasteiger partial charge in [-0.15, -0.1) is 0 Å². The van der Waals surface area contributed by atoms with Crippen LogP contribution in [-0.2, 0) is 16.6 Å². The molecule has 0 spiro atoms. The molecule has 0 saturated carbocycles. The number of rotatable bonds is 5. The van der Waals surface area contributed by atoms with Gasteiger partial charge in [0.25, 0.3) is 10.0 Å². The van der Waals surface area contributed by atoms with Crippen LogP contribution in [0.15, 0.2) is 39.8 Å². The van der Waals surface area contributed by atoms with Gasteiger partial charge in [0.1, 0.15) is 17.6 Å². The molecule has 2 rings (SSSR count). The van der Waals surface area contributed by atoms with Crippen LogP contribution in [0.2, 0.25) is 0 Å². The fourth-order valence-electron chi connectivity index (χ4n) is 1.76. The summed E-state index contributed by atoms with van der Waals surface area (Å²) in [6.07, 6.45) is 0. The first-order valence-electron chi connectivity index (χ1n) is 5.88. The molecule has 110 valence electrons. The first-order valence-corrected chi connectivity index (χ1v) is 7.43. The number of sulfonamides is 1. The Labute approximate surface area is 122 Å². The highest BCUT2D eigenvalue weighted by atomic mass is 32.2. The number of nitrogens with two attached hydrogens (primary N) is 1. The third kappa shape index (κ3) is 3.34. The third-order valence-electron chi connectivity index (χ3n) is 2.72. The number of nitrogens with one attached hydrogen (secondary N) is 1. The number of para-hydroxylation sites is 1. The molecule has 0 aliphatic heterocycles. The maximum Gasteiger partial charge on any atom is 0.271 e. The van der Waals surface area contributed by atoms with Gasteiger partial charge in [0, 0.05) is 0 Å². The summed E-state index contributed by atoms with van der Waals surface area (Å²) in [4.78, 5) is 0. The second-order valence-electron chi connectivity index (χ2n) is 4.11. The van der Waals surface area contributed by atoms with Crippen LogP contribution in [0.5, 0.6) is 5.75 Å². The van der Waals surface area contributed by atoms with Gasteiger partial charge in [-0.25, -0.2) is 13.6 Å². The van der Waals surface area contributed by atoms with E-state index in [1.807, 2.05) is 6.07 Å². The largest absolute Gasteiger partial charge is 0.495 e. The number of ether oxygens (including phenoxy) is 1. The predicted molar refractivity (Wildman–Crippen MR) is 75.1 cm³/mol. The van der Waals surface area contributed by atoms with E-state index in [2.05, 4.69) is 5.32 Å². The van der Waals surface area contributed by atoms with Gasteiger partial charge in [0.05, 0.1) is 24.9 Å². The Morgan fingerprint density at radius 3 is 2.71 bits per heavy atom. The van der Waals surface area contributed by atoms with Crippen molar-refractivity contribution >= 4 is 15.7 Å². The molecule has 1 aromatic carbocycles. The predicted octanol–water partition coefficient (Wildman–Crippen LogP) is 1.42. The number of primary sulfonamides is 1. The van der Waals surface area contributed by atoms with E-state index in [9.17, 15) is 8.42 Å². The van der Waals surface area contributed by atoms with Gasteiger partial charge < -0.3 is 14.5 Å². The van der Waals surface area contributed by atoms with Gasteiger partial charge in [0.15, 0.2) is 0 Å². The number of nitrogens with zero attached hydrogens (tertiary/aromatic N) is 1. The molecule has 0 amide bonds. The van der Waals surface area contributed by atoms with Crippen molar-refractivity contribution in [2.45, 2.75) is 11.6 Å². The van der Waals surface area contributed by atoms with Crippen molar-refractivity contribution in [1.29, 1.82) is 5.26 Å². The van der Waals surface area contributed by atoms with Crippen LogP contribution >= 0.6 is 0 Å². The summed E-state index contributed by atoms with van der Waals surface area (Å²) in [5.74, 6) is 0.876. The van der Waals surface area contributed by atoms with Crippen LogP contribution in [0, 0.1) is 11.3 Å². The van der Waals surface area contributed by atoms with Gasteiger partial charge in [-0.1, -0.05) is 6.07 Å². The van der Waals surface area contributed by atoms with E-state index < -0.39 is 10.0 Å². The van der Waals surface area contributed by atoms with Crippen molar-refractivity contribution in [3.05, 3.63) is 41.7 Å². The summed E-state index contributed by atoms with van der Waals surface area (Å²) in [6.45, 7) is 0.185. The lowest BCUT2D eigenvalue weighted by Gasteiger charge is -2.11. The van der Waals surface area contributed by atoms with Crippen molar-refractivity contribution in [1.82, 2.24) is 0 Å². The van der Waals surface area contributed by atoms with Crippen LogP contribution in [0.1, 0.15) is 11.3 Å². The van der Waals surface area contributed by atoms with Gasteiger partial charge in [-0.05, 0) is 24.3 Å². The summed E-state index contributed by atoms with van der Waals surface area (Å²) >= 11 is 0. The summed E-state index contributed by atoms with van der Waals surface area (Å²) in [5, 5.41) is 16.7. The highest BCUT2D eigenvalue weighted by Gasteiger charge is 2.14. The average molecular weight is 307 g/mol. The van der Waals surface area contributed by atoms with Crippen molar-refractivity contribution in [2.75, 3.05) is 12.4 Å². The molecule has 0 fully saturated rings. The maximum atomic E-state index is 11.1. The number of hydrogen-bond acceptors (Lipinski definition) is 6. The topological polar surface area (TPSA) is 118 Å². The Balaban J connectivity index is 2.21. The van der Waals surface area contributed by atoms with Crippen molar-refractivity contribution < 1.29 is 17.6 Å². The lowest BCUT2D eigenvalue weighted by Crippen LogP contribution is -2.10. The number of benzene rings is 1. The van der Waals surface area contributed by atoms with E-state index in [4.69, 9.17) is 19.6 Å². The number of hydrogen-bond donors (Lipinski definition) is 2. The molecular formula is C13H13N3O4S. The van der Waals surface area contributed by atoms with E-state index in [1.165, 1.54) is 19.2 Å². The summed E-state index contributed by atoms with van der Waals surface area (Å²) in [7, 11) is -2.37. The molecule has 8 heteroatoms. The number of furan rings is 1. The first-order chi connectivity index (χ1) is 9.95. The molecule has 7 nitrogen and oxygen atoms in total. The minimum absolute atomic E-state index is 0.185. The SMILES string of the molecule is COc1cccc(C#N)c1NCc1ccc(S(N)(=O)=O)o1. The fourth-order valence-corrected chi connectivity index (χ4v) is 2.24. The van der Waals surface area contributed by atoms with Crippen LogP contribution in [0.25, 0.3) is 0 Å². The van der Waals surface area contributed by atoms with Crippen LogP contribution in [0.3, 0.4) is 0 Å². The first kappa shape index (κ1) is 14.9. The smallest absolute Gasteiger partial charge is 0.271 e. The van der Waals surface area contributed by atoms with Crippen molar-refractivity contribution in [3.8, 4) is 11.8 Å². The van der Waals surface area contributed by atoms with Gasteiger partial charge >= 0.3 is 0 Å². The monoisotopic (exact) mass is 307 g/mol.